The normalized spacial score (nSPS) is 46.6. The van der Waals surface area contributed by atoms with Gasteiger partial charge in [0.05, 0.1) is 12.2 Å². The molecule has 1 N–H and O–H groups in total. The quantitative estimate of drug-likeness (QED) is 0.665. The first kappa shape index (κ1) is 21.6. The molecule has 1 aromatic heterocycles. The number of hydrogen-bond acceptors (Lipinski definition) is 4. The van der Waals surface area contributed by atoms with Crippen LogP contribution in [0.1, 0.15) is 82.1 Å². The number of carbonyl (C=O) groups excluding carboxylic acids is 1. The molecule has 4 aliphatic rings. The van der Waals surface area contributed by atoms with Crippen molar-refractivity contribution in [2.75, 3.05) is 13.7 Å². The summed E-state index contributed by atoms with van der Waals surface area (Å²) < 4.78 is 5.87. The lowest BCUT2D eigenvalue weighted by Crippen LogP contribution is -2.58. The van der Waals surface area contributed by atoms with Crippen LogP contribution in [0.3, 0.4) is 0 Å². The van der Waals surface area contributed by atoms with E-state index in [2.05, 4.69) is 11.9 Å². The summed E-state index contributed by atoms with van der Waals surface area (Å²) in [6, 6.07) is 5.70. The number of aliphatic hydroxyl groups is 1. The average Bonchev–Trinajstić information content (AvgIpc) is 3.11. The molecule has 31 heavy (non-hydrogen) atoms. The molecule has 4 aliphatic carbocycles. The van der Waals surface area contributed by atoms with Gasteiger partial charge < -0.3 is 9.84 Å². The van der Waals surface area contributed by atoms with Gasteiger partial charge in [-0.15, -0.1) is 0 Å². The Morgan fingerprint density at radius 2 is 1.94 bits per heavy atom. The van der Waals surface area contributed by atoms with Crippen molar-refractivity contribution in [2.24, 2.45) is 40.4 Å². The zero-order valence-corrected chi connectivity index (χ0v) is 19.5. The Morgan fingerprint density at radius 3 is 2.68 bits per heavy atom. The molecule has 4 saturated carbocycles. The minimum absolute atomic E-state index is 0.0943. The third-order valence-corrected chi connectivity index (χ3v) is 10.3. The maximum atomic E-state index is 13.4. The molecular weight excluding hydrogens is 386 g/mol. The first-order valence-corrected chi connectivity index (χ1v) is 12.5. The predicted molar refractivity (Wildman–Crippen MR) is 121 cm³/mol. The lowest BCUT2D eigenvalue weighted by molar-refractivity contribution is -0.173. The van der Waals surface area contributed by atoms with Crippen LogP contribution in [-0.2, 0) is 4.74 Å². The highest BCUT2D eigenvalue weighted by molar-refractivity contribution is 5.96. The van der Waals surface area contributed by atoms with E-state index >= 15 is 0 Å². The fraction of sp³-hybridized carbons (Fsp3) is 0.778. The van der Waals surface area contributed by atoms with Gasteiger partial charge >= 0.3 is 0 Å². The minimum atomic E-state index is -0.522. The van der Waals surface area contributed by atoms with Gasteiger partial charge in [0, 0.05) is 19.2 Å². The number of pyridine rings is 1. The van der Waals surface area contributed by atoms with Crippen molar-refractivity contribution in [2.45, 2.75) is 77.2 Å². The van der Waals surface area contributed by atoms with Crippen molar-refractivity contribution in [3.05, 3.63) is 30.1 Å². The van der Waals surface area contributed by atoms with E-state index in [1.54, 1.807) is 6.20 Å². The van der Waals surface area contributed by atoms with Gasteiger partial charge in [0.25, 0.3) is 0 Å². The third kappa shape index (κ3) is 3.31. The number of aromatic nitrogens is 1. The summed E-state index contributed by atoms with van der Waals surface area (Å²) in [6.45, 7) is 5.26. The summed E-state index contributed by atoms with van der Waals surface area (Å²) in [5, 5.41) is 10.8. The van der Waals surface area contributed by atoms with E-state index < -0.39 is 5.60 Å². The van der Waals surface area contributed by atoms with E-state index in [-0.39, 0.29) is 22.5 Å². The number of Topliss-reactive ketones (excluding diaryl/α,β-unsaturated/α-hetero) is 1. The summed E-state index contributed by atoms with van der Waals surface area (Å²) in [6.07, 6.45) is 11.6. The number of rotatable bonds is 4. The Balaban J connectivity index is 1.42. The third-order valence-electron chi connectivity index (χ3n) is 10.3. The average molecular weight is 426 g/mol. The van der Waals surface area contributed by atoms with E-state index in [0.717, 1.165) is 38.7 Å². The van der Waals surface area contributed by atoms with Crippen molar-refractivity contribution in [1.82, 2.24) is 4.98 Å². The van der Waals surface area contributed by atoms with E-state index in [1.807, 2.05) is 32.2 Å². The molecule has 5 rings (SSSR count). The SMILES string of the molecule is COC[C@]12CC[C@@](C)(O)C[C@@H]1CC[C@H]1[C@@H]3CC[C@H](C(=O)c4ccccn4)[C@@]3(C)CC[C@@H]12. The largest absolute Gasteiger partial charge is 0.390 e. The number of ketones is 1. The van der Waals surface area contributed by atoms with Gasteiger partial charge in [-0.05, 0) is 111 Å². The van der Waals surface area contributed by atoms with Crippen molar-refractivity contribution >= 4 is 5.78 Å². The molecule has 0 aliphatic heterocycles. The number of carbonyl (C=O) groups is 1. The Kier molecular flexibility index (Phi) is 5.33. The van der Waals surface area contributed by atoms with Crippen LogP contribution < -0.4 is 0 Å². The van der Waals surface area contributed by atoms with Gasteiger partial charge in [-0.1, -0.05) is 13.0 Å². The number of hydrogen-bond donors (Lipinski definition) is 1. The Labute approximate surface area is 187 Å². The number of nitrogens with zero attached hydrogens (tertiary/aromatic N) is 1. The maximum Gasteiger partial charge on any atom is 0.184 e. The first-order valence-electron chi connectivity index (χ1n) is 12.5. The highest BCUT2D eigenvalue weighted by Gasteiger charge is 2.63. The molecule has 0 aromatic carbocycles. The zero-order valence-electron chi connectivity index (χ0n) is 19.5. The second-order valence-electron chi connectivity index (χ2n) is 11.8. The van der Waals surface area contributed by atoms with E-state index in [1.165, 1.54) is 25.7 Å². The standard InChI is InChI=1S/C27H39NO3/c1-25(30)13-14-27(17-31-3)18(16-25)7-8-19-20-9-10-22(26(20,2)12-11-21(19)27)24(29)23-6-4-5-15-28-23/h4-6,15,18-22,30H,7-14,16-17H2,1-3H3/t18-,19-,20-,21-,22+,25+,26-,27+/m0/s1. The molecule has 0 bridgehead atoms. The molecule has 0 unspecified atom stereocenters. The Bertz CT molecular complexity index is 823. The second kappa shape index (κ2) is 7.66. The highest BCUT2D eigenvalue weighted by Crippen LogP contribution is 2.68. The highest BCUT2D eigenvalue weighted by atomic mass is 16.5. The van der Waals surface area contributed by atoms with E-state index in [4.69, 9.17) is 4.74 Å². The number of fused-ring (bicyclic) bond motifs is 5. The molecule has 1 heterocycles. The van der Waals surface area contributed by atoms with Crippen molar-refractivity contribution in [1.29, 1.82) is 0 Å². The smallest absolute Gasteiger partial charge is 0.184 e. The van der Waals surface area contributed by atoms with Crippen LogP contribution in [0, 0.1) is 40.4 Å². The molecule has 4 heteroatoms. The van der Waals surface area contributed by atoms with Gasteiger partial charge in [-0.25, -0.2) is 0 Å². The molecule has 4 fully saturated rings. The van der Waals surface area contributed by atoms with Gasteiger partial charge in [-0.2, -0.15) is 0 Å². The zero-order chi connectivity index (χ0) is 21.9. The molecular formula is C27H39NO3. The van der Waals surface area contributed by atoms with Crippen LogP contribution in [0.15, 0.2) is 24.4 Å². The molecule has 0 spiro atoms. The van der Waals surface area contributed by atoms with Gasteiger partial charge in [-0.3, -0.25) is 9.78 Å². The van der Waals surface area contributed by atoms with Crippen molar-refractivity contribution in [3.63, 3.8) is 0 Å². The molecule has 4 nitrogen and oxygen atoms in total. The monoisotopic (exact) mass is 425 g/mol. The maximum absolute atomic E-state index is 13.4. The topological polar surface area (TPSA) is 59.4 Å². The summed E-state index contributed by atoms with van der Waals surface area (Å²) >= 11 is 0. The van der Waals surface area contributed by atoms with Gasteiger partial charge in [0.2, 0.25) is 0 Å². The molecule has 170 valence electrons. The lowest BCUT2D eigenvalue weighted by Gasteiger charge is -2.62. The molecule has 8 atom stereocenters. The van der Waals surface area contributed by atoms with Crippen LogP contribution in [0.5, 0.6) is 0 Å². The fourth-order valence-electron chi connectivity index (χ4n) is 8.90. The Hall–Kier alpha value is -1.26. The summed E-state index contributed by atoms with van der Waals surface area (Å²) in [5.74, 6) is 2.92. The number of methoxy groups -OCH3 is 1. The van der Waals surface area contributed by atoms with Crippen LogP contribution in [0.4, 0.5) is 0 Å². The fourth-order valence-corrected chi connectivity index (χ4v) is 8.90. The van der Waals surface area contributed by atoms with E-state index in [0.29, 0.717) is 29.4 Å². The first-order chi connectivity index (χ1) is 14.8. The summed E-state index contributed by atoms with van der Waals surface area (Å²) in [5.41, 5.74) is 0.429. The van der Waals surface area contributed by atoms with Crippen LogP contribution >= 0.6 is 0 Å². The molecule has 1 aromatic rings. The van der Waals surface area contributed by atoms with Crippen LogP contribution in [0.2, 0.25) is 0 Å². The second-order valence-corrected chi connectivity index (χ2v) is 11.8. The molecule has 0 saturated heterocycles. The van der Waals surface area contributed by atoms with Crippen LogP contribution in [-0.4, -0.2) is 35.2 Å². The predicted octanol–water partition coefficient (Wildman–Crippen LogP) is 5.30. The molecule has 0 amide bonds. The van der Waals surface area contributed by atoms with Gasteiger partial charge in [0.15, 0.2) is 5.78 Å². The lowest BCUT2D eigenvalue weighted by atomic mass is 9.43. The van der Waals surface area contributed by atoms with Crippen molar-refractivity contribution in [3.8, 4) is 0 Å². The summed E-state index contributed by atoms with van der Waals surface area (Å²) in [4.78, 5) is 17.8. The van der Waals surface area contributed by atoms with Gasteiger partial charge in [0.1, 0.15) is 5.69 Å². The van der Waals surface area contributed by atoms with E-state index in [9.17, 15) is 9.90 Å². The van der Waals surface area contributed by atoms with Crippen molar-refractivity contribution < 1.29 is 14.6 Å². The summed E-state index contributed by atoms with van der Waals surface area (Å²) in [7, 11) is 1.85. The molecule has 0 radical (unpaired) electrons. The van der Waals surface area contributed by atoms with Crippen LogP contribution in [0.25, 0.3) is 0 Å². The Morgan fingerprint density at radius 1 is 1.10 bits per heavy atom. The minimum Gasteiger partial charge on any atom is -0.390 e. The number of ether oxygens (including phenoxy) is 1.